The van der Waals surface area contributed by atoms with Crippen LogP contribution in [0.25, 0.3) is 0 Å². The van der Waals surface area contributed by atoms with Crippen molar-refractivity contribution >= 4 is 12.6 Å². The van der Waals surface area contributed by atoms with Gasteiger partial charge in [0.1, 0.15) is 11.6 Å². The molecular formula is C13H19F2NS. The summed E-state index contributed by atoms with van der Waals surface area (Å²) < 4.78 is 26.5. The lowest BCUT2D eigenvalue weighted by Gasteiger charge is -2.26. The van der Waals surface area contributed by atoms with Crippen LogP contribution in [-0.4, -0.2) is 18.8 Å². The molecule has 0 amide bonds. The first kappa shape index (κ1) is 14.5. The fourth-order valence-corrected chi connectivity index (χ4v) is 1.90. The third-order valence-corrected chi connectivity index (χ3v) is 3.06. The molecule has 0 atom stereocenters. The van der Waals surface area contributed by atoms with Crippen molar-refractivity contribution in [2.75, 3.05) is 18.8 Å². The van der Waals surface area contributed by atoms with Gasteiger partial charge >= 0.3 is 0 Å². The quantitative estimate of drug-likeness (QED) is 0.591. The maximum Gasteiger partial charge on any atom is 0.129 e. The Bertz CT molecular complexity index is 366. The van der Waals surface area contributed by atoms with Crippen molar-refractivity contribution in [3.05, 3.63) is 35.4 Å². The second-order valence-electron chi connectivity index (χ2n) is 4.76. The lowest BCUT2D eigenvalue weighted by Crippen LogP contribution is -2.34. The number of halogens is 2. The van der Waals surface area contributed by atoms with Gasteiger partial charge in [0, 0.05) is 18.0 Å². The summed E-state index contributed by atoms with van der Waals surface area (Å²) in [4.78, 5) is 0. The average Bonchev–Trinajstić information content (AvgIpc) is 2.24. The topological polar surface area (TPSA) is 12.0 Å². The molecule has 17 heavy (non-hydrogen) atoms. The maximum absolute atomic E-state index is 13.6. The number of hydrogen-bond acceptors (Lipinski definition) is 2. The third-order valence-electron chi connectivity index (χ3n) is 2.74. The Hall–Kier alpha value is -0.610. The number of thiol groups is 1. The van der Waals surface area contributed by atoms with Crippen LogP contribution in [0.5, 0.6) is 0 Å². The minimum Gasteiger partial charge on any atom is -0.316 e. The van der Waals surface area contributed by atoms with E-state index in [0.29, 0.717) is 12.1 Å². The van der Waals surface area contributed by atoms with Crippen LogP contribution in [0.1, 0.15) is 25.8 Å². The SMILES string of the molecule is CC(C)(CNCCCS)c1ccc(F)cc1F. The van der Waals surface area contributed by atoms with Gasteiger partial charge in [-0.05, 0) is 30.3 Å². The predicted molar refractivity (Wildman–Crippen MR) is 70.7 cm³/mol. The van der Waals surface area contributed by atoms with E-state index in [2.05, 4.69) is 17.9 Å². The first-order chi connectivity index (χ1) is 7.97. The van der Waals surface area contributed by atoms with E-state index in [1.54, 1.807) is 0 Å². The lowest BCUT2D eigenvalue weighted by atomic mass is 9.84. The van der Waals surface area contributed by atoms with Crippen molar-refractivity contribution in [1.29, 1.82) is 0 Å². The van der Waals surface area contributed by atoms with Crippen molar-refractivity contribution in [1.82, 2.24) is 5.32 Å². The first-order valence-corrected chi connectivity index (χ1v) is 6.38. The molecule has 1 nitrogen and oxygen atoms in total. The van der Waals surface area contributed by atoms with Crippen LogP contribution in [-0.2, 0) is 5.41 Å². The number of hydrogen-bond donors (Lipinski definition) is 2. The first-order valence-electron chi connectivity index (χ1n) is 5.74. The molecule has 0 aliphatic rings. The lowest BCUT2D eigenvalue weighted by molar-refractivity contribution is 0.442. The van der Waals surface area contributed by atoms with Crippen LogP contribution in [0, 0.1) is 11.6 Å². The van der Waals surface area contributed by atoms with Gasteiger partial charge in [-0.15, -0.1) is 0 Å². The van der Waals surface area contributed by atoms with Crippen LogP contribution in [0.2, 0.25) is 0 Å². The van der Waals surface area contributed by atoms with Crippen LogP contribution < -0.4 is 5.32 Å². The Kier molecular flexibility index (Phi) is 5.40. The normalized spacial score (nSPS) is 11.8. The molecule has 0 aliphatic carbocycles. The Labute approximate surface area is 107 Å². The van der Waals surface area contributed by atoms with Crippen molar-refractivity contribution < 1.29 is 8.78 Å². The van der Waals surface area contributed by atoms with Gasteiger partial charge in [0.25, 0.3) is 0 Å². The molecule has 1 aromatic carbocycles. The van der Waals surface area contributed by atoms with E-state index >= 15 is 0 Å². The van der Waals surface area contributed by atoms with Crippen LogP contribution in [0.15, 0.2) is 18.2 Å². The van der Waals surface area contributed by atoms with E-state index in [1.807, 2.05) is 13.8 Å². The summed E-state index contributed by atoms with van der Waals surface area (Å²) in [5.41, 5.74) is 0.186. The van der Waals surface area contributed by atoms with Gasteiger partial charge in [0.15, 0.2) is 0 Å². The van der Waals surface area contributed by atoms with Crippen molar-refractivity contribution in [2.45, 2.75) is 25.7 Å². The van der Waals surface area contributed by atoms with Crippen molar-refractivity contribution in [3.8, 4) is 0 Å². The summed E-state index contributed by atoms with van der Waals surface area (Å²) in [5, 5.41) is 3.26. The second kappa shape index (κ2) is 6.36. The molecule has 0 aromatic heterocycles. The van der Waals surface area contributed by atoms with Crippen LogP contribution in [0.3, 0.4) is 0 Å². The summed E-state index contributed by atoms with van der Waals surface area (Å²) in [5.74, 6) is -0.186. The zero-order valence-electron chi connectivity index (χ0n) is 10.3. The molecule has 96 valence electrons. The summed E-state index contributed by atoms with van der Waals surface area (Å²) >= 11 is 4.12. The highest BCUT2D eigenvalue weighted by atomic mass is 32.1. The number of rotatable bonds is 6. The Morgan fingerprint density at radius 3 is 2.59 bits per heavy atom. The molecule has 1 N–H and O–H groups in total. The molecule has 1 rings (SSSR count). The number of benzene rings is 1. The fraction of sp³-hybridized carbons (Fsp3) is 0.538. The summed E-state index contributed by atoms with van der Waals surface area (Å²) in [6.45, 7) is 5.40. The molecule has 0 spiro atoms. The van der Waals surface area contributed by atoms with E-state index in [4.69, 9.17) is 0 Å². The van der Waals surface area contributed by atoms with Crippen molar-refractivity contribution in [3.63, 3.8) is 0 Å². The van der Waals surface area contributed by atoms with Crippen LogP contribution >= 0.6 is 12.6 Å². The molecule has 0 saturated heterocycles. The molecule has 0 bridgehead atoms. The molecule has 0 heterocycles. The van der Waals surface area contributed by atoms with Gasteiger partial charge in [-0.1, -0.05) is 19.9 Å². The molecule has 1 aromatic rings. The number of nitrogens with one attached hydrogen (secondary N) is 1. The van der Waals surface area contributed by atoms with Crippen LogP contribution in [0.4, 0.5) is 8.78 Å². The molecule has 0 unspecified atom stereocenters. The summed E-state index contributed by atoms with van der Waals surface area (Å²) in [7, 11) is 0. The van der Waals surface area contributed by atoms with Gasteiger partial charge < -0.3 is 5.32 Å². The van der Waals surface area contributed by atoms with Gasteiger partial charge in [-0.25, -0.2) is 8.78 Å². The molecular weight excluding hydrogens is 240 g/mol. The van der Waals surface area contributed by atoms with Gasteiger partial charge in [-0.2, -0.15) is 12.6 Å². The summed E-state index contributed by atoms with van der Waals surface area (Å²) in [6.07, 6.45) is 0.977. The van der Waals surface area contributed by atoms with Gasteiger partial charge in [-0.3, -0.25) is 0 Å². The molecule has 4 heteroatoms. The molecule has 0 saturated carbocycles. The maximum atomic E-state index is 13.6. The Balaban J connectivity index is 2.68. The largest absolute Gasteiger partial charge is 0.316 e. The molecule has 0 aliphatic heterocycles. The van der Waals surface area contributed by atoms with Crippen molar-refractivity contribution in [2.24, 2.45) is 0 Å². The minimum atomic E-state index is -0.537. The third kappa shape index (κ3) is 4.28. The van der Waals surface area contributed by atoms with Gasteiger partial charge in [0.05, 0.1) is 0 Å². The highest BCUT2D eigenvalue weighted by Gasteiger charge is 2.23. The zero-order valence-corrected chi connectivity index (χ0v) is 11.2. The van der Waals surface area contributed by atoms with E-state index in [-0.39, 0.29) is 5.41 Å². The minimum absolute atomic E-state index is 0.353. The highest BCUT2D eigenvalue weighted by Crippen LogP contribution is 2.25. The predicted octanol–water partition coefficient (Wildman–Crippen LogP) is 3.15. The van der Waals surface area contributed by atoms with E-state index < -0.39 is 11.6 Å². The van der Waals surface area contributed by atoms with E-state index in [1.165, 1.54) is 12.1 Å². The Morgan fingerprint density at radius 1 is 1.29 bits per heavy atom. The monoisotopic (exact) mass is 259 g/mol. The Morgan fingerprint density at radius 2 is 2.00 bits per heavy atom. The summed E-state index contributed by atoms with van der Waals surface area (Å²) in [6, 6.07) is 3.75. The molecule has 0 fully saturated rings. The van der Waals surface area contributed by atoms with E-state index in [9.17, 15) is 8.78 Å². The second-order valence-corrected chi connectivity index (χ2v) is 5.21. The molecule has 0 radical (unpaired) electrons. The smallest absolute Gasteiger partial charge is 0.129 e. The zero-order chi connectivity index (χ0) is 12.9. The standard InChI is InChI=1S/C13H19F2NS/c1-13(2,9-16-6-3-7-17)11-5-4-10(14)8-12(11)15/h4-5,8,16-17H,3,6-7,9H2,1-2H3. The highest BCUT2D eigenvalue weighted by molar-refractivity contribution is 7.80. The van der Waals surface area contributed by atoms with Gasteiger partial charge in [0.2, 0.25) is 0 Å². The fourth-order valence-electron chi connectivity index (χ4n) is 1.74. The van der Waals surface area contributed by atoms with E-state index in [0.717, 1.165) is 24.8 Å². The average molecular weight is 259 g/mol.